The normalized spacial score (nSPS) is 10.5. The molecule has 0 saturated heterocycles. The van der Waals surface area contributed by atoms with Crippen molar-refractivity contribution >= 4 is 17.5 Å². The molecule has 2 N–H and O–H groups in total. The summed E-state index contributed by atoms with van der Waals surface area (Å²) < 4.78 is 0. The van der Waals surface area contributed by atoms with Crippen molar-refractivity contribution in [3.63, 3.8) is 0 Å². The van der Waals surface area contributed by atoms with Crippen molar-refractivity contribution in [1.82, 2.24) is 10.3 Å². The van der Waals surface area contributed by atoms with Gasteiger partial charge in [-0.3, -0.25) is 14.6 Å². The molecule has 3 rings (SSSR count). The van der Waals surface area contributed by atoms with Gasteiger partial charge >= 0.3 is 0 Å². The number of rotatable bonds is 6. The Morgan fingerprint density at radius 1 is 0.893 bits per heavy atom. The zero-order valence-electron chi connectivity index (χ0n) is 16.0. The average Bonchev–Trinajstić information content (AvgIpc) is 2.73. The van der Waals surface area contributed by atoms with Crippen molar-refractivity contribution in [2.45, 2.75) is 26.3 Å². The zero-order valence-corrected chi connectivity index (χ0v) is 16.0. The Labute approximate surface area is 164 Å². The predicted octanol–water partition coefficient (Wildman–Crippen LogP) is 4.39. The number of hydrogen-bond donors (Lipinski definition) is 2. The molecule has 2 amide bonds. The molecular weight excluding hydrogens is 350 g/mol. The molecule has 0 spiro atoms. The molecule has 5 nitrogen and oxygen atoms in total. The number of para-hydroxylation sites is 1. The van der Waals surface area contributed by atoms with Gasteiger partial charge in [0.2, 0.25) is 0 Å². The van der Waals surface area contributed by atoms with Gasteiger partial charge in [-0.25, -0.2) is 0 Å². The number of benzene rings is 2. The van der Waals surface area contributed by atoms with Crippen LogP contribution in [0.15, 0.2) is 73.1 Å². The molecule has 0 unspecified atom stereocenters. The van der Waals surface area contributed by atoms with E-state index in [2.05, 4.69) is 29.5 Å². The van der Waals surface area contributed by atoms with Gasteiger partial charge in [0.1, 0.15) is 0 Å². The van der Waals surface area contributed by atoms with Gasteiger partial charge in [0.15, 0.2) is 0 Å². The summed E-state index contributed by atoms with van der Waals surface area (Å²) >= 11 is 0. The lowest BCUT2D eigenvalue weighted by molar-refractivity contribution is 0.0949. The molecular formula is C23H23N3O2. The Hall–Kier alpha value is -3.47. The molecule has 28 heavy (non-hydrogen) atoms. The molecule has 0 aliphatic rings. The lowest BCUT2D eigenvalue weighted by Gasteiger charge is -2.13. The van der Waals surface area contributed by atoms with Crippen LogP contribution < -0.4 is 10.6 Å². The third kappa shape index (κ3) is 4.82. The van der Waals surface area contributed by atoms with Crippen molar-refractivity contribution in [1.29, 1.82) is 0 Å². The summed E-state index contributed by atoms with van der Waals surface area (Å²) in [6, 6.07) is 18.1. The largest absolute Gasteiger partial charge is 0.348 e. The first kappa shape index (κ1) is 19.3. The molecule has 142 valence electrons. The van der Waals surface area contributed by atoms with E-state index in [0.29, 0.717) is 23.6 Å². The Balaban J connectivity index is 1.63. The summed E-state index contributed by atoms with van der Waals surface area (Å²) in [4.78, 5) is 28.9. The molecule has 0 saturated carbocycles. The predicted molar refractivity (Wildman–Crippen MR) is 110 cm³/mol. The minimum Gasteiger partial charge on any atom is -0.348 e. The summed E-state index contributed by atoms with van der Waals surface area (Å²) in [5.74, 6) is -0.0845. The van der Waals surface area contributed by atoms with Gasteiger partial charge in [-0.05, 0) is 53.4 Å². The minimum absolute atomic E-state index is 0.194. The van der Waals surface area contributed by atoms with Crippen LogP contribution in [0.5, 0.6) is 0 Å². The third-order valence-corrected chi connectivity index (χ3v) is 4.42. The van der Waals surface area contributed by atoms with Gasteiger partial charge in [-0.2, -0.15) is 0 Å². The van der Waals surface area contributed by atoms with Gasteiger partial charge in [0.05, 0.1) is 0 Å². The highest BCUT2D eigenvalue weighted by atomic mass is 16.2. The Kier molecular flexibility index (Phi) is 6.17. The lowest BCUT2D eigenvalue weighted by Crippen LogP contribution is -2.23. The number of nitrogens with one attached hydrogen (secondary N) is 2. The Bertz CT molecular complexity index is 951. The summed E-state index contributed by atoms with van der Waals surface area (Å²) in [5.41, 5.74) is 3.82. The second-order valence-electron chi connectivity index (χ2n) is 6.82. The number of anilines is 1. The minimum atomic E-state index is -0.199. The molecule has 2 aromatic carbocycles. The number of pyridine rings is 1. The van der Waals surface area contributed by atoms with E-state index in [0.717, 1.165) is 16.8 Å². The Morgan fingerprint density at radius 3 is 2.21 bits per heavy atom. The molecule has 3 aromatic rings. The second kappa shape index (κ2) is 8.95. The molecule has 0 aliphatic carbocycles. The fraction of sp³-hybridized carbons (Fsp3) is 0.174. The molecule has 5 heteroatoms. The van der Waals surface area contributed by atoms with Crippen LogP contribution in [0.25, 0.3) is 0 Å². The number of aromatic nitrogens is 1. The second-order valence-corrected chi connectivity index (χ2v) is 6.82. The standard InChI is InChI=1S/C23H23N3O2/c1-16(2)20-7-3-4-8-21(20)26-23(28)19-11-9-18(10-12-19)22(27)25-15-17-6-5-13-24-14-17/h3-14,16H,15H2,1-2H3,(H,25,27)(H,26,28). The third-order valence-electron chi connectivity index (χ3n) is 4.42. The number of nitrogens with zero attached hydrogens (tertiary/aromatic N) is 1. The van der Waals surface area contributed by atoms with E-state index in [4.69, 9.17) is 0 Å². The van der Waals surface area contributed by atoms with Gasteiger partial charge in [-0.1, -0.05) is 38.1 Å². The topological polar surface area (TPSA) is 71.1 Å². The van der Waals surface area contributed by atoms with Gasteiger partial charge in [-0.15, -0.1) is 0 Å². The molecule has 0 fully saturated rings. The monoisotopic (exact) mass is 373 g/mol. The highest BCUT2D eigenvalue weighted by Gasteiger charge is 2.12. The van der Waals surface area contributed by atoms with E-state index >= 15 is 0 Å². The summed E-state index contributed by atoms with van der Waals surface area (Å²) in [7, 11) is 0. The van der Waals surface area contributed by atoms with E-state index < -0.39 is 0 Å². The fourth-order valence-electron chi connectivity index (χ4n) is 2.87. The van der Waals surface area contributed by atoms with Crippen LogP contribution in [0, 0.1) is 0 Å². The van der Waals surface area contributed by atoms with Crippen LogP contribution in [-0.4, -0.2) is 16.8 Å². The maximum atomic E-state index is 12.6. The average molecular weight is 373 g/mol. The highest BCUT2D eigenvalue weighted by Crippen LogP contribution is 2.24. The van der Waals surface area contributed by atoms with E-state index in [1.54, 1.807) is 36.7 Å². The number of carbonyl (C=O) groups excluding carboxylic acids is 2. The molecule has 0 atom stereocenters. The zero-order chi connectivity index (χ0) is 19.9. The smallest absolute Gasteiger partial charge is 0.255 e. The van der Waals surface area contributed by atoms with Crippen LogP contribution in [0.1, 0.15) is 51.6 Å². The van der Waals surface area contributed by atoms with Crippen LogP contribution in [-0.2, 0) is 6.54 Å². The molecule has 0 radical (unpaired) electrons. The lowest BCUT2D eigenvalue weighted by atomic mass is 10.0. The van der Waals surface area contributed by atoms with Crippen molar-refractivity contribution in [3.8, 4) is 0 Å². The van der Waals surface area contributed by atoms with Gasteiger partial charge < -0.3 is 10.6 Å². The first-order valence-corrected chi connectivity index (χ1v) is 9.22. The van der Waals surface area contributed by atoms with Crippen LogP contribution >= 0.6 is 0 Å². The summed E-state index contributed by atoms with van der Waals surface area (Å²) in [5, 5.41) is 5.80. The fourth-order valence-corrected chi connectivity index (χ4v) is 2.87. The van der Waals surface area contributed by atoms with Crippen molar-refractivity contribution in [2.75, 3.05) is 5.32 Å². The molecule has 1 aromatic heterocycles. The van der Waals surface area contributed by atoms with Crippen molar-refractivity contribution < 1.29 is 9.59 Å². The summed E-state index contributed by atoms with van der Waals surface area (Å²) in [6.45, 7) is 4.58. The maximum absolute atomic E-state index is 12.6. The van der Waals surface area contributed by atoms with Crippen LogP contribution in [0.3, 0.4) is 0 Å². The van der Waals surface area contributed by atoms with Crippen molar-refractivity contribution in [2.24, 2.45) is 0 Å². The maximum Gasteiger partial charge on any atom is 0.255 e. The first-order chi connectivity index (χ1) is 13.5. The van der Waals surface area contributed by atoms with E-state index in [-0.39, 0.29) is 11.8 Å². The number of hydrogen-bond acceptors (Lipinski definition) is 3. The van der Waals surface area contributed by atoms with Crippen LogP contribution in [0.4, 0.5) is 5.69 Å². The molecule has 0 aliphatic heterocycles. The first-order valence-electron chi connectivity index (χ1n) is 9.22. The van der Waals surface area contributed by atoms with E-state index in [1.807, 2.05) is 36.4 Å². The Morgan fingerprint density at radius 2 is 1.57 bits per heavy atom. The molecule has 1 heterocycles. The number of amides is 2. The van der Waals surface area contributed by atoms with Gasteiger partial charge in [0.25, 0.3) is 11.8 Å². The quantitative estimate of drug-likeness (QED) is 0.673. The van der Waals surface area contributed by atoms with Crippen LogP contribution in [0.2, 0.25) is 0 Å². The van der Waals surface area contributed by atoms with E-state index in [9.17, 15) is 9.59 Å². The SMILES string of the molecule is CC(C)c1ccccc1NC(=O)c1ccc(C(=O)NCc2cccnc2)cc1. The summed E-state index contributed by atoms with van der Waals surface area (Å²) in [6.07, 6.45) is 3.40. The number of carbonyl (C=O) groups is 2. The highest BCUT2D eigenvalue weighted by molar-refractivity contribution is 6.05. The van der Waals surface area contributed by atoms with Crippen molar-refractivity contribution in [3.05, 3.63) is 95.3 Å². The van der Waals surface area contributed by atoms with Gasteiger partial charge in [0, 0.05) is 35.8 Å². The molecule has 0 bridgehead atoms. The van der Waals surface area contributed by atoms with E-state index in [1.165, 1.54) is 0 Å².